The Bertz CT molecular complexity index is 457. The van der Waals surface area contributed by atoms with Gasteiger partial charge < -0.3 is 5.11 Å². The van der Waals surface area contributed by atoms with Gasteiger partial charge in [-0.1, -0.05) is 31.5 Å². The Balaban J connectivity index is 3.14. The van der Waals surface area contributed by atoms with Gasteiger partial charge in [0.05, 0.1) is 4.90 Å². The Labute approximate surface area is 99.0 Å². The summed E-state index contributed by atoms with van der Waals surface area (Å²) < 4.78 is 50.6. The second-order valence-electron chi connectivity index (χ2n) is 3.68. The van der Waals surface area contributed by atoms with Gasteiger partial charge in [-0.05, 0) is 18.6 Å². The van der Waals surface area contributed by atoms with Gasteiger partial charge in [0, 0.05) is 0 Å². The van der Waals surface area contributed by atoms with Gasteiger partial charge in [-0.2, -0.15) is 8.78 Å². The first-order valence-corrected chi connectivity index (χ1v) is 6.68. The highest BCUT2D eigenvalue weighted by atomic mass is 32.2. The molecule has 1 N–H and O–H groups in total. The predicted molar refractivity (Wildman–Crippen MR) is 59.5 cm³/mol. The summed E-state index contributed by atoms with van der Waals surface area (Å²) in [4.78, 5) is -0.486. The molecule has 1 aromatic carbocycles. The van der Waals surface area contributed by atoms with Crippen LogP contribution in [-0.2, 0) is 9.84 Å². The van der Waals surface area contributed by atoms with Crippen LogP contribution in [0.4, 0.5) is 8.78 Å². The number of halogens is 2. The molecule has 3 nitrogen and oxygen atoms in total. The van der Waals surface area contributed by atoms with Crippen molar-refractivity contribution in [1.29, 1.82) is 0 Å². The Morgan fingerprint density at radius 3 is 2.29 bits per heavy atom. The van der Waals surface area contributed by atoms with Crippen molar-refractivity contribution in [1.82, 2.24) is 0 Å². The fourth-order valence-electron chi connectivity index (χ4n) is 1.38. The summed E-state index contributed by atoms with van der Waals surface area (Å²) in [6.07, 6.45) is -2.17. The fraction of sp³-hybridized carbons (Fsp3) is 0.455. The number of hydrogen-bond acceptors (Lipinski definition) is 3. The summed E-state index contributed by atoms with van der Waals surface area (Å²) in [5.74, 6) is 0. The summed E-state index contributed by atoms with van der Waals surface area (Å²) in [7, 11) is -4.84. The third kappa shape index (κ3) is 2.63. The van der Waals surface area contributed by atoms with Crippen molar-refractivity contribution >= 4 is 9.84 Å². The molecule has 1 atom stereocenters. The first kappa shape index (κ1) is 14.1. The predicted octanol–water partition coefficient (Wildman–Crippen LogP) is 2.21. The lowest BCUT2D eigenvalue weighted by molar-refractivity contribution is -0.0454. The van der Waals surface area contributed by atoms with E-state index in [1.165, 1.54) is 18.2 Å². The Morgan fingerprint density at radius 2 is 1.82 bits per heavy atom. The standard InChI is InChI=1S/C11H14F2O3S/c1-2-6-10(14)11(12,13)17(15,16)9-7-4-3-5-8-9/h3-5,7-8,10,14H,2,6H2,1H3/t10-/m0/s1. The molecule has 0 aromatic heterocycles. The average Bonchev–Trinajstić information content (AvgIpc) is 2.30. The number of alkyl halides is 2. The van der Waals surface area contributed by atoms with E-state index in [-0.39, 0.29) is 12.8 Å². The van der Waals surface area contributed by atoms with Crippen molar-refractivity contribution in [3.63, 3.8) is 0 Å². The topological polar surface area (TPSA) is 54.4 Å². The highest BCUT2D eigenvalue weighted by Crippen LogP contribution is 2.33. The zero-order chi connectivity index (χ0) is 13.1. The molecular formula is C11H14F2O3S. The van der Waals surface area contributed by atoms with Crippen LogP contribution in [0.1, 0.15) is 19.8 Å². The minimum atomic E-state index is -4.84. The third-order valence-corrected chi connectivity index (χ3v) is 4.24. The molecule has 0 radical (unpaired) electrons. The van der Waals surface area contributed by atoms with E-state index in [0.29, 0.717) is 0 Å². The van der Waals surface area contributed by atoms with Crippen LogP contribution in [0.25, 0.3) is 0 Å². The van der Waals surface area contributed by atoms with E-state index < -0.39 is 26.1 Å². The minimum absolute atomic E-state index is 0.265. The molecule has 1 rings (SSSR count). The lowest BCUT2D eigenvalue weighted by Gasteiger charge is -2.22. The fourth-order valence-corrected chi connectivity index (χ4v) is 2.68. The lowest BCUT2D eigenvalue weighted by Crippen LogP contribution is -2.41. The smallest absolute Gasteiger partial charge is 0.375 e. The van der Waals surface area contributed by atoms with Crippen molar-refractivity contribution in [2.45, 2.75) is 36.0 Å². The normalized spacial score (nSPS) is 14.6. The monoisotopic (exact) mass is 264 g/mol. The third-order valence-electron chi connectivity index (χ3n) is 2.36. The Kier molecular flexibility index (Phi) is 4.21. The van der Waals surface area contributed by atoms with Crippen molar-refractivity contribution in [2.24, 2.45) is 0 Å². The van der Waals surface area contributed by atoms with Crippen LogP contribution in [-0.4, -0.2) is 24.9 Å². The maximum atomic E-state index is 13.6. The van der Waals surface area contributed by atoms with Gasteiger partial charge in [0.25, 0.3) is 0 Å². The number of aliphatic hydroxyl groups is 1. The minimum Gasteiger partial charge on any atom is -0.386 e. The van der Waals surface area contributed by atoms with Crippen molar-refractivity contribution < 1.29 is 22.3 Å². The molecule has 96 valence electrons. The van der Waals surface area contributed by atoms with Crippen LogP contribution in [0.2, 0.25) is 0 Å². The van der Waals surface area contributed by atoms with E-state index in [1.54, 1.807) is 6.92 Å². The Morgan fingerprint density at radius 1 is 1.29 bits per heavy atom. The van der Waals surface area contributed by atoms with Crippen LogP contribution >= 0.6 is 0 Å². The summed E-state index contributed by atoms with van der Waals surface area (Å²) in [5.41, 5.74) is 0. The van der Waals surface area contributed by atoms with E-state index >= 15 is 0 Å². The Hall–Kier alpha value is -1.01. The van der Waals surface area contributed by atoms with Crippen LogP contribution in [0.3, 0.4) is 0 Å². The van der Waals surface area contributed by atoms with E-state index in [4.69, 9.17) is 0 Å². The second kappa shape index (κ2) is 5.10. The van der Waals surface area contributed by atoms with E-state index in [1.807, 2.05) is 0 Å². The molecule has 0 aliphatic heterocycles. The van der Waals surface area contributed by atoms with Gasteiger partial charge in [-0.3, -0.25) is 0 Å². The van der Waals surface area contributed by atoms with Crippen LogP contribution < -0.4 is 0 Å². The quantitative estimate of drug-likeness (QED) is 0.887. The van der Waals surface area contributed by atoms with E-state index in [2.05, 4.69) is 0 Å². The molecule has 0 amide bonds. The first-order chi connectivity index (χ1) is 7.84. The number of sulfone groups is 1. The lowest BCUT2D eigenvalue weighted by atomic mass is 10.2. The zero-order valence-electron chi connectivity index (χ0n) is 9.31. The molecular weight excluding hydrogens is 250 g/mol. The molecule has 0 fully saturated rings. The van der Waals surface area contributed by atoms with Crippen molar-refractivity contribution in [2.75, 3.05) is 0 Å². The van der Waals surface area contributed by atoms with Crippen LogP contribution in [0, 0.1) is 0 Å². The van der Waals surface area contributed by atoms with Crippen molar-refractivity contribution in [3.05, 3.63) is 30.3 Å². The largest absolute Gasteiger partial charge is 0.386 e. The first-order valence-electron chi connectivity index (χ1n) is 5.19. The van der Waals surface area contributed by atoms with Gasteiger partial charge in [0.15, 0.2) is 0 Å². The molecule has 0 saturated carbocycles. The highest BCUT2D eigenvalue weighted by molar-refractivity contribution is 7.92. The molecule has 6 heteroatoms. The molecule has 17 heavy (non-hydrogen) atoms. The summed E-state index contributed by atoms with van der Waals surface area (Å²) in [6, 6.07) is 6.41. The van der Waals surface area contributed by atoms with Gasteiger partial charge >= 0.3 is 5.25 Å². The number of rotatable bonds is 5. The highest BCUT2D eigenvalue weighted by Gasteiger charge is 2.51. The van der Waals surface area contributed by atoms with Crippen LogP contribution in [0.15, 0.2) is 35.2 Å². The summed E-state index contributed by atoms with van der Waals surface area (Å²) >= 11 is 0. The van der Waals surface area contributed by atoms with Gasteiger partial charge in [0.2, 0.25) is 9.84 Å². The molecule has 1 aromatic rings. The number of aliphatic hydroxyl groups excluding tert-OH is 1. The van der Waals surface area contributed by atoms with Gasteiger partial charge in [-0.15, -0.1) is 0 Å². The summed E-state index contributed by atoms with van der Waals surface area (Å²) in [5, 5.41) is 5.08. The number of benzene rings is 1. The second-order valence-corrected chi connectivity index (χ2v) is 5.71. The maximum absolute atomic E-state index is 13.6. The maximum Gasteiger partial charge on any atom is 0.375 e. The molecule has 0 unspecified atom stereocenters. The molecule has 0 spiro atoms. The van der Waals surface area contributed by atoms with Crippen molar-refractivity contribution in [3.8, 4) is 0 Å². The van der Waals surface area contributed by atoms with E-state index in [0.717, 1.165) is 12.1 Å². The van der Waals surface area contributed by atoms with Gasteiger partial charge in [-0.25, -0.2) is 8.42 Å². The number of hydrogen-bond donors (Lipinski definition) is 1. The SMILES string of the molecule is CCC[C@H](O)C(F)(F)S(=O)(=O)c1ccccc1. The van der Waals surface area contributed by atoms with E-state index in [9.17, 15) is 22.3 Å². The molecule has 0 bridgehead atoms. The van der Waals surface area contributed by atoms with Gasteiger partial charge in [0.1, 0.15) is 6.10 Å². The van der Waals surface area contributed by atoms with Crippen LogP contribution in [0.5, 0.6) is 0 Å². The molecule has 0 aliphatic rings. The molecule has 0 aliphatic carbocycles. The summed E-state index contributed by atoms with van der Waals surface area (Å²) in [6.45, 7) is 1.59. The molecule has 0 saturated heterocycles. The average molecular weight is 264 g/mol. The molecule has 0 heterocycles. The zero-order valence-corrected chi connectivity index (χ0v) is 10.1.